The number of aryl methyl sites for hydroxylation is 2. The van der Waals surface area contributed by atoms with Crippen LogP contribution in [0.1, 0.15) is 44.3 Å². The average molecular weight is 413 g/mol. The monoisotopic (exact) mass is 412 g/mol. The molecule has 1 aliphatic heterocycles. The number of aromatic nitrogens is 2. The Morgan fingerprint density at radius 1 is 1.26 bits per heavy atom. The zero-order chi connectivity index (χ0) is 17.2. The molecule has 0 bridgehead atoms. The molecule has 2 heterocycles. The zero-order valence-corrected chi connectivity index (χ0v) is 17.5. The van der Waals surface area contributed by atoms with Gasteiger partial charge < -0.3 is 15.2 Å². The molecule has 27 heavy (non-hydrogen) atoms. The molecule has 2 aliphatic rings. The Kier molecular flexibility index (Phi) is 7.95. The average Bonchev–Trinajstić information content (AvgIpc) is 3.20. The van der Waals surface area contributed by atoms with Gasteiger partial charge in [-0.3, -0.25) is 4.79 Å². The fraction of sp³-hybridized carbons (Fsp3) is 0.600. The van der Waals surface area contributed by atoms with Crippen LogP contribution in [0.4, 0.5) is 0 Å². The number of para-hydroxylation sites is 2. The van der Waals surface area contributed by atoms with Gasteiger partial charge in [-0.1, -0.05) is 25.0 Å². The number of nitrogens with one attached hydrogen (secondary N) is 2. The van der Waals surface area contributed by atoms with E-state index in [2.05, 4.69) is 28.3 Å². The summed E-state index contributed by atoms with van der Waals surface area (Å²) >= 11 is 0. The SMILES string of the molecule is Cl.Cl.Cn1c(CCCNC(=O)C2CC3CCCCC3N2)nc2ccccc21. The third kappa shape index (κ3) is 4.76. The lowest BCUT2D eigenvalue weighted by Crippen LogP contribution is -2.43. The number of rotatable bonds is 5. The van der Waals surface area contributed by atoms with Gasteiger partial charge in [0.1, 0.15) is 5.82 Å². The summed E-state index contributed by atoms with van der Waals surface area (Å²) in [4.78, 5) is 17.1. The number of fused-ring (bicyclic) bond motifs is 2. The van der Waals surface area contributed by atoms with Crippen LogP contribution in [0.15, 0.2) is 24.3 Å². The van der Waals surface area contributed by atoms with Crippen LogP contribution in [0.5, 0.6) is 0 Å². The molecular formula is C20H30Cl2N4O. The van der Waals surface area contributed by atoms with Crippen LogP contribution in [0.25, 0.3) is 11.0 Å². The molecule has 5 nitrogen and oxygen atoms in total. The zero-order valence-electron chi connectivity index (χ0n) is 15.8. The number of hydrogen-bond donors (Lipinski definition) is 2. The maximum atomic E-state index is 12.4. The molecule has 1 amide bonds. The minimum Gasteiger partial charge on any atom is -0.355 e. The highest BCUT2D eigenvalue weighted by Gasteiger charge is 2.37. The molecule has 7 heteroatoms. The summed E-state index contributed by atoms with van der Waals surface area (Å²) in [6, 6.07) is 8.80. The van der Waals surface area contributed by atoms with E-state index in [1.807, 2.05) is 18.2 Å². The fourth-order valence-corrected chi connectivity index (χ4v) is 4.52. The first-order valence-corrected chi connectivity index (χ1v) is 9.66. The highest BCUT2D eigenvalue weighted by Crippen LogP contribution is 2.33. The third-order valence-electron chi connectivity index (χ3n) is 5.94. The summed E-state index contributed by atoms with van der Waals surface area (Å²) in [6.45, 7) is 0.718. The number of amides is 1. The van der Waals surface area contributed by atoms with E-state index in [1.165, 1.54) is 31.2 Å². The normalized spacial score (nSPS) is 24.0. The summed E-state index contributed by atoms with van der Waals surface area (Å²) in [5.74, 6) is 1.98. The highest BCUT2D eigenvalue weighted by molar-refractivity contribution is 5.85. The molecule has 150 valence electrons. The second kappa shape index (κ2) is 9.76. The third-order valence-corrected chi connectivity index (χ3v) is 5.94. The van der Waals surface area contributed by atoms with Crippen LogP contribution in [0.3, 0.4) is 0 Å². The van der Waals surface area contributed by atoms with Crippen LogP contribution in [0.2, 0.25) is 0 Å². The van der Waals surface area contributed by atoms with Crippen molar-refractivity contribution in [3.63, 3.8) is 0 Å². The number of halogens is 2. The number of benzene rings is 1. The molecule has 3 atom stereocenters. The van der Waals surface area contributed by atoms with Crippen molar-refractivity contribution in [2.45, 2.75) is 57.0 Å². The summed E-state index contributed by atoms with van der Waals surface area (Å²) in [6.07, 6.45) is 7.98. The van der Waals surface area contributed by atoms with E-state index < -0.39 is 0 Å². The predicted molar refractivity (Wildman–Crippen MR) is 114 cm³/mol. The van der Waals surface area contributed by atoms with Crippen LogP contribution in [-0.2, 0) is 18.3 Å². The first-order chi connectivity index (χ1) is 12.2. The molecule has 1 aliphatic carbocycles. The van der Waals surface area contributed by atoms with Crippen molar-refractivity contribution in [1.29, 1.82) is 0 Å². The standard InChI is InChI=1S/C20H28N4O.2ClH/c1-24-18-10-5-4-9-16(18)23-19(24)11-6-12-21-20(25)17-13-14-7-2-3-8-15(14)22-17;;/h4-5,9-10,14-15,17,22H,2-3,6-8,11-13H2,1H3,(H,21,25);2*1H. The van der Waals surface area contributed by atoms with Gasteiger partial charge in [-0.15, -0.1) is 24.8 Å². The Morgan fingerprint density at radius 3 is 2.81 bits per heavy atom. The lowest BCUT2D eigenvalue weighted by molar-refractivity contribution is -0.122. The van der Waals surface area contributed by atoms with Gasteiger partial charge in [0.2, 0.25) is 5.91 Å². The summed E-state index contributed by atoms with van der Waals surface area (Å²) in [5, 5.41) is 6.67. The van der Waals surface area contributed by atoms with E-state index in [1.54, 1.807) is 0 Å². The molecule has 2 N–H and O–H groups in total. The Bertz CT molecular complexity index is 750. The Hall–Kier alpha value is -1.30. The molecule has 1 aromatic heterocycles. The summed E-state index contributed by atoms with van der Waals surface area (Å²) in [5.41, 5.74) is 2.21. The van der Waals surface area contributed by atoms with Gasteiger partial charge in [0.15, 0.2) is 0 Å². The number of carbonyl (C=O) groups is 1. The lowest BCUT2D eigenvalue weighted by Gasteiger charge is -2.24. The van der Waals surface area contributed by atoms with Gasteiger partial charge in [0.25, 0.3) is 0 Å². The van der Waals surface area contributed by atoms with Crippen molar-refractivity contribution in [3.05, 3.63) is 30.1 Å². The first-order valence-electron chi connectivity index (χ1n) is 9.66. The van der Waals surface area contributed by atoms with Crippen LogP contribution in [0, 0.1) is 5.92 Å². The largest absolute Gasteiger partial charge is 0.355 e. The first kappa shape index (κ1) is 22.0. The van der Waals surface area contributed by atoms with Gasteiger partial charge in [0, 0.05) is 26.1 Å². The molecule has 0 radical (unpaired) electrons. The van der Waals surface area contributed by atoms with Crippen molar-refractivity contribution < 1.29 is 4.79 Å². The maximum absolute atomic E-state index is 12.4. The maximum Gasteiger partial charge on any atom is 0.237 e. The fourth-order valence-electron chi connectivity index (χ4n) is 4.52. The van der Waals surface area contributed by atoms with Gasteiger partial charge in [-0.05, 0) is 43.7 Å². The van der Waals surface area contributed by atoms with E-state index in [-0.39, 0.29) is 36.8 Å². The van der Waals surface area contributed by atoms with Crippen LogP contribution >= 0.6 is 24.8 Å². The second-order valence-electron chi connectivity index (χ2n) is 7.58. The van der Waals surface area contributed by atoms with Gasteiger partial charge in [0.05, 0.1) is 17.1 Å². The molecule has 0 spiro atoms. The van der Waals surface area contributed by atoms with Crippen LogP contribution in [-0.4, -0.2) is 34.1 Å². The Balaban J connectivity index is 0.00000131. The topological polar surface area (TPSA) is 59.0 Å². The summed E-state index contributed by atoms with van der Waals surface area (Å²) < 4.78 is 2.15. The smallest absolute Gasteiger partial charge is 0.237 e. The van der Waals surface area contributed by atoms with E-state index in [0.717, 1.165) is 37.1 Å². The van der Waals surface area contributed by atoms with E-state index in [9.17, 15) is 4.79 Å². The van der Waals surface area contributed by atoms with Gasteiger partial charge in [-0.25, -0.2) is 4.98 Å². The van der Waals surface area contributed by atoms with Crippen molar-refractivity contribution in [3.8, 4) is 0 Å². The Morgan fingerprint density at radius 2 is 2.04 bits per heavy atom. The van der Waals surface area contributed by atoms with Crippen molar-refractivity contribution in [2.24, 2.45) is 13.0 Å². The minimum absolute atomic E-state index is 0. The predicted octanol–water partition coefficient (Wildman–Crippen LogP) is 3.39. The molecule has 2 aromatic rings. The number of carbonyl (C=O) groups excluding carboxylic acids is 1. The Labute approximate surface area is 173 Å². The summed E-state index contributed by atoms with van der Waals surface area (Å²) in [7, 11) is 2.06. The number of hydrogen-bond acceptors (Lipinski definition) is 3. The van der Waals surface area contributed by atoms with Crippen molar-refractivity contribution >= 4 is 41.8 Å². The molecule has 1 saturated heterocycles. The quantitative estimate of drug-likeness (QED) is 0.739. The van der Waals surface area contributed by atoms with Gasteiger partial charge >= 0.3 is 0 Å². The highest BCUT2D eigenvalue weighted by atomic mass is 35.5. The van der Waals surface area contributed by atoms with Gasteiger partial charge in [-0.2, -0.15) is 0 Å². The van der Waals surface area contributed by atoms with E-state index >= 15 is 0 Å². The van der Waals surface area contributed by atoms with Crippen LogP contribution < -0.4 is 10.6 Å². The van der Waals surface area contributed by atoms with Crippen molar-refractivity contribution in [1.82, 2.24) is 20.2 Å². The number of imidazole rings is 1. The molecule has 3 unspecified atom stereocenters. The molecule has 1 saturated carbocycles. The molecule has 1 aromatic carbocycles. The lowest BCUT2D eigenvalue weighted by atomic mass is 9.85. The second-order valence-corrected chi connectivity index (χ2v) is 7.58. The molecule has 2 fully saturated rings. The van der Waals surface area contributed by atoms with E-state index in [4.69, 9.17) is 4.98 Å². The minimum atomic E-state index is 0. The van der Waals surface area contributed by atoms with Crippen molar-refractivity contribution in [2.75, 3.05) is 6.54 Å². The molecule has 4 rings (SSSR count). The van der Waals surface area contributed by atoms with E-state index in [0.29, 0.717) is 12.0 Å². The molecular weight excluding hydrogens is 383 g/mol. The number of nitrogens with zero attached hydrogens (tertiary/aromatic N) is 2.